The molecule has 0 aliphatic carbocycles. The number of amides is 1. The second-order valence-electron chi connectivity index (χ2n) is 5.51. The van der Waals surface area contributed by atoms with Crippen LogP contribution in [-0.4, -0.2) is 27.3 Å². The maximum atomic E-state index is 12.4. The van der Waals surface area contributed by atoms with Gasteiger partial charge in [0.2, 0.25) is 0 Å². The predicted octanol–water partition coefficient (Wildman–Crippen LogP) is 3.76. The first-order chi connectivity index (χ1) is 12.1. The summed E-state index contributed by atoms with van der Waals surface area (Å²) in [6, 6.07) is 6.98. The van der Waals surface area contributed by atoms with Gasteiger partial charge in [-0.3, -0.25) is 4.79 Å². The summed E-state index contributed by atoms with van der Waals surface area (Å²) in [6.07, 6.45) is 5.46. The topological polar surface area (TPSA) is 69.0 Å². The molecule has 0 bridgehead atoms. The average molecular weight is 375 g/mol. The molecule has 1 N–H and O–H groups in total. The van der Waals surface area contributed by atoms with Crippen LogP contribution in [0.5, 0.6) is 5.75 Å². The molecule has 0 fully saturated rings. The van der Waals surface area contributed by atoms with E-state index in [-0.39, 0.29) is 5.91 Å². The molecule has 6 nitrogen and oxygen atoms in total. The van der Waals surface area contributed by atoms with E-state index in [9.17, 15) is 4.79 Å². The Bertz CT molecular complexity index is 971. The molecule has 8 heteroatoms. The summed E-state index contributed by atoms with van der Waals surface area (Å²) in [4.78, 5) is 16.6. The molecule has 0 radical (unpaired) electrons. The Morgan fingerprint density at radius 2 is 2.12 bits per heavy atom. The van der Waals surface area contributed by atoms with Crippen molar-refractivity contribution in [2.75, 3.05) is 11.9 Å². The predicted molar refractivity (Wildman–Crippen MR) is 95.0 cm³/mol. The molecule has 1 aliphatic heterocycles. The highest BCUT2D eigenvalue weighted by molar-refractivity contribution is 6.35. The highest BCUT2D eigenvalue weighted by Gasteiger charge is 2.16. The van der Waals surface area contributed by atoms with Gasteiger partial charge in [-0.15, -0.1) is 0 Å². The quantitative estimate of drug-likeness (QED) is 0.757. The van der Waals surface area contributed by atoms with Crippen LogP contribution in [0.1, 0.15) is 15.9 Å². The fourth-order valence-electron chi connectivity index (χ4n) is 2.61. The van der Waals surface area contributed by atoms with E-state index in [0.717, 1.165) is 17.7 Å². The molecule has 0 unspecified atom stereocenters. The van der Waals surface area contributed by atoms with Gasteiger partial charge < -0.3 is 10.1 Å². The van der Waals surface area contributed by atoms with Crippen molar-refractivity contribution in [1.29, 1.82) is 0 Å². The number of nitrogens with one attached hydrogen (secondary N) is 1. The Hall–Kier alpha value is -2.57. The lowest BCUT2D eigenvalue weighted by molar-refractivity contribution is 0.102. The molecular weight excluding hydrogens is 363 g/mol. The SMILES string of the molecule is O=C(Nc1cnn(-c2ncc(Cl)cc2Cl)c1)c1ccc2c(c1)CCO2. The Morgan fingerprint density at radius 3 is 2.96 bits per heavy atom. The number of carbonyl (C=O) groups excluding carboxylic acids is 1. The molecule has 4 rings (SSSR count). The highest BCUT2D eigenvalue weighted by atomic mass is 35.5. The number of anilines is 1. The van der Waals surface area contributed by atoms with E-state index in [0.29, 0.717) is 33.7 Å². The molecule has 0 saturated carbocycles. The van der Waals surface area contributed by atoms with Crippen LogP contribution in [0.3, 0.4) is 0 Å². The normalized spacial score (nSPS) is 12.6. The molecule has 126 valence electrons. The van der Waals surface area contributed by atoms with E-state index in [4.69, 9.17) is 27.9 Å². The summed E-state index contributed by atoms with van der Waals surface area (Å²) >= 11 is 12.0. The zero-order valence-electron chi connectivity index (χ0n) is 12.9. The number of pyridine rings is 1. The van der Waals surface area contributed by atoms with Gasteiger partial charge in [-0.1, -0.05) is 23.2 Å². The first-order valence-electron chi connectivity index (χ1n) is 7.53. The lowest BCUT2D eigenvalue weighted by Crippen LogP contribution is -2.11. The van der Waals surface area contributed by atoms with Crippen LogP contribution >= 0.6 is 23.2 Å². The summed E-state index contributed by atoms with van der Waals surface area (Å²) in [5.41, 5.74) is 2.15. The zero-order valence-corrected chi connectivity index (χ0v) is 14.4. The molecule has 0 spiro atoms. The molecule has 25 heavy (non-hydrogen) atoms. The van der Waals surface area contributed by atoms with Crippen LogP contribution < -0.4 is 10.1 Å². The van der Waals surface area contributed by atoms with Crippen molar-refractivity contribution in [2.45, 2.75) is 6.42 Å². The lowest BCUT2D eigenvalue weighted by Gasteiger charge is -2.05. The van der Waals surface area contributed by atoms with Gasteiger partial charge in [0.15, 0.2) is 5.82 Å². The maximum absolute atomic E-state index is 12.4. The number of carbonyl (C=O) groups is 1. The Kier molecular flexibility index (Phi) is 4.07. The third-order valence-corrected chi connectivity index (χ3v) is 4.28. The van der Waals surface area contributed by atoms with Crippen molar-refractivity contribution in [3.05, 3.63) is 64.0 Å². The first-order valence-corrected chi connectivity index (χ1v) is 8.29. The average Bonchev–Trinajstić information content (AvgIpc) is 3.23. The molecule has 3 heterocycles. The fraction of sp³-hybridized carbons (Fsp3) is 0.118. The van der Waals surface area contributed by atoms with Gasteiger partial charge in [0, 0.05) is 18.2 Å². The third kappa shape index (κ3) is 3.18. The summed E-state index contributed by atoms with van der Waals surface area (Å²) in [7, 11) is 0. The minimum Gasteiger partial charge on any atom is -0.493 e. The Labute approximate surface area is 153 Å². The van der Waals surface area contributed by atoms with Crippen molar-refractivity contribution in [3.63, 3.8) is 0 Å². The van der Waals surface area contributed by atoms with Crippen LogP contribution in [0.2, 0.25) is 10.0 Å². The molecule has 1 amide bonds. The Balaban J connectivity index is 1.54. The van der Waals surface area contributed by atoms with Gasteiger partial charge in [-0.2, -0.15) is 5.10 Å². The lowest BCUT2D eigenvalue weighted by atomic mass is 10.1. The van der Waals surface area contributed by atoms with Gasteiger partial charge in [0.05, 0.1) is 34.7 Å². The largest absolute Gasteiger partial charge is 0.493 e. The van der Waals surface area contributed by atoms with Gasteiger partial charge in [0.1, 0.15) is 5.75 Å². The van der Waals surface area contributed by atoms with Crippen molar-refractivity contribution in [3.8, 4) is 11.6 Å². The number of hydrogen-bond donors (Lipinski definition) is 1. The molecule has 2 aromatic heterocycles. The van der Waals surface area contributed by atoms with Gasteiger partial charge >= 0.3 is 0 Å². The third-order valence-electron chi connectivity index (χ3n) is 3.80. The number of benzene rings is 1. The smallest absolute Gasteiger partial charge is 0.255 e. The Morgan fingerprint density at radius 1 is 1.24 bits per heavy atom. The molecule has 0 saturated heterocycles. The second kappa shape index (κ2) is 6.38. The van der Waals surface area contributed by atoms with Crippen LogP contribution in [0.4, 0.5) is 5.69 Å². The van der Waals surface area contributed by atoms with Crippen LogP contribution in [-0.2, 0) is 6.42 Å². The molecule has 0 atom stereocenters. The van der Waals surface area contributed by atoms with Gasteiger partial charge in [-0.25, -0.2) is 9.67 Å². The monoisotopic (exact) mass is 374 g/mol. The van der Waals surface area contributed by atoms with E-state index < -0.39 is 0 Å². The number of aromatic nitrogens is 3. The standard InChI is InChI=1S/C17H12Cl2N4O2/c18-12-6-14(19)16(20-7-12)23-9-13(8-21-23)22-17(24)11-1-2-15-10(5-11)3-4-25-15/h1-2,5-9H,3-4H2,(H,22,24). The number of rotatable bonds is 3. The van der Waals surface area contributed by atoms with Gasteiger partial charge in [0.25, 0.3) is 5.91 Å². The number of nitrogens with zero attached hydrogens (tertiary/aromatic N) is 3. The second-order valence-corrected chi connectivity index (χ2v) is 6.35. The summed E-state index contributed by atoms with van der Waals surface area (Å²) in [5, 5.41) is 7.79. The number of hydrogen-bond acceptors (Lipinski definition) is 4. The minimum atomic E-state index is -0.218. The highest BCUT2D eigenvalue weighted by Crippen LogP contribution is 2.26. The van der Waals surface area contributed by atoms with Crippen molar-refractivity contribution in [1.82, 2.24) is 14.8 Å². The maximum Gasteiger partial charge on any atom is 0.255 e. The van der Waals surface area contributed by atoms with Crippen molar-refractivity contribution < 1.29 is 9.53 Å². The molecule has 1 aliphatic rings. The van der Waals surface area contributed by atoms with Gasteiger partial charge in [-0.05, 0) is 29.8 Å². The van der Waals surface area contributed by atoms with E-state index >= 15 is 0 Å². The van der Waals surface area contributed by atoms with Crippen LogP contribution in [0.15, 0.2) is 42.9 Å². The number of halogens is 2. The van der Waals surface area contributed by atoms with Crippen molar-refractivity contribution in [2.24, 2.45) is 0 Å². The van der Waals surface area contributed by atoms with Crippen LogP contribution in [0.25, 0.3) is 5.82 Å². The number of fused-ring (bicyclic) bond motifs is 1. The van der Waals surface area contributed by atoms with E-state index in [1.54, 1.807) is 18.3 Å². The number of ether oxygens (including phenoxy) is 1. The van der Waals surface area contributed by atoms with E-state index in [2.05, 4.69) is 15.4 Å². The summed E-state index contributed by atoms with van der Waals surface area (Å²) < 4.78 is 6.93. The summed E-state index contributed by atoms with van der Waals surface area (Å²) in [6.45, 7) is 0.655. The molecule has 1 aromatic carbocycles. The fourth-order valence-corrected chi connectivity index (χ4v) is 3.08. The van der Waals surface area contributed by atoms with Crippen LogP contribution in [0, 0.1) is 0 Å². The van der Waals surface area contributed by atoms with Crippen molar-refractivity contribution >= 4 is 34.8 Å². The van der Waals surface area contributed by atoms with E-state index in [1.807, 2.05) is 12.1 Å². The first kappa shape index (κ1) is 15.9. The van der Waals surface area contributed by atoms with E-state index in [1.165, 1.54) is 17.1 Å². The molecular formula is C17H12Cl2N4O2. The zero-order chi connectivity index (χ0) is 17.4. The minimum absolute atomic E-state index is 0.218. The summed E-state index contributed by atoms with van der Waals surface area (Å²) in [5.74, 6) is 1.05. The molecule has 3 aromatic rings.